The highest BCUT2D eigenvalue weighted by atomic mass is 19.4. The lowest BCUT2D eigenvalue weighted by atomic mass is 10.2. The number of benzene rings is 1. The molecule has 10 heteroatoms. The summed E-state index contributed by atoms with van der Waals surface area (Å²) < 4.78 is 37.7. The quantitative estimate of drug-likeness (QED) is 0.640. The number of aliphatic carboxylic acids is 1. The second-order valence-corrected chi connectivity index (χ2v) is 4.23. The van der Waals surface area contributed by atoms with E-state index < -0.39 is 35.9 Å². The van der Waals surface area contributed by atoms with Gasteiger partial charge in [0.2, 0.25) is 0 Å². The highest BCUT2D eigenvalue weighted by Gasteiger charge is 2.42. The van der Waals surface area contributed by atoms with E-state index in [1.165, 1.54) is 0 Å². The lowest BCUT2D eigenvalue weighted by Crippen LogP contribution is -2.42. The molecule has 0 bridgehead atoms. The minimum absolute atomic E-state index is 0.186. The molecule has 7 nitrogen and oxygen atoms in total. The van der Waals surface area contributed by atoms with Gasteiger partial charge in [0.25, 0.3) is 5.69 Å². The van der Waals surface area contributed by atoms with Crippen molar-refractivity contribution in [3.8, 4) is 0 Å². The van der Waals surface area contributed by atoms with Crippen molar-refractivity contribution in [2.45, 2.75) is 19.0 Å². The maximum atomic E-state index is 12.6. The van der Waals surface area contributed by atoms with Crippen LogP contribution in [0.2, 0.25) is 0 Å². The van der Waals surface area contributed by atoms with E-state index in [0.717, 1.165) is 24.3 Å². The van der Waals surface area contributed by atoms with Crippen molar-refractivity contribution < 1.29 is 32.8 Å². The Kier molecular flexibility index (Phi) is 5.44. The molecule has 0 aromatic heterocycles. The van der Waals surface area contributed by atoms with E-state index in [-0.39, 0.29) is 17.8 Å². The molecule has 1 rings (SSSR count). The lowest BCUT2D eigenvalue weighted by Gasteiger charge is -2.23. The smallest absolute Gasteiger partial charge is 0.471 e. The molecule has 0 aliphatic rings. The molecule has 0 atom stereocenters. The highest BCUT2D eigenvalue weighted by Crippen LogP contribution is 2.25. The molecule has 1 aromatic carbocycles. The molecular formula is C12H11F3N2O5. The number of halogens is 3. The van der Waals surface area contributed by atoms with Gasteiger partial charge >= 0.3 is 18.1 Å². The molecule has 22 heavy (non-hydrogen) atoms. The molecule has 120 valence electrons. The second-order valence-electron chi connectivity index (χ2n) is 4.23. The number of hydrogen-bond acceptors (Lipinski definition) is 4. The van der Waals surface area contributed by atoms with Crippen LogP contribution in [0.3, 0.4) is 0 Å². The maximum absolute atomic E-state index is 12.6. The van der Waals surface area contributed by atoms with E-state index in [2.05, 4.69) is 0 Å². The number of non-ortho nitro benzene ring substituents is 1. The summed E-state index contributed by atoms with van der Waals surface area (Å²) in [5, 5.41) is 19.0. The van der Waals surface area contributed by atoms with Crippen LogP contribution in [0.4, 0.5) is 24.5 Å². The van der Waals surface area contributed by atoms with E-state index in [1.807, 2.05) is 0 Å². The summed E-state index contributed by atoms with van der Waals surface area (Å²) in [6, 6.07) is 3.93. The van der Waals surface area contributed by atoms with Crippen LogP contribution in [0.25, 0.3) is 0 Å². The van der Waals surface area contributed by atoms with Gasteiger partial charge in [-0.3, -0.25) is 19.7 Å². The number of carboxylic acids is 1. The fraction of sp³-hybridized carbons (Fsp3) is 0.333. The summed E-state index contributed by atoms with van der Waals surface area (Å²) >= 11 is 0. The van der Waals surface area contributed by atoms with Gasteiger partial charge < -0.3 is 10.0 Å². The van der Waals surface area contributed by atoms with Crippen LogP contribution >= 0.6 is 0 Å². The Bertz CT molecular complexity index is 571. The second kappa shape index (κ2) is 6.87. The molecule has 0 aliphatic carbocycles. The molecule has 0 saturated heterocycles. The van der Waals surface area contributed by atoms with Gasteiger partial charge in [-0.05, 0) is 18.6 Å². The maximum Gasteiger partial charge on any atom is 0.471 e. The van der Waals surface area contributed by atoms with Gasteiger partial charge in [-0.15, -0.1) is 0 Å². The first-order chi connectivity index (χ1) is 10.1. The number of anilines is 1. The fourth-order valence-electron chi connectivity index (χ4n) is 1.64. The summed E-state index contributed by atoms with van der Waals surface area (Å²) in [6.07, 6.45) is -5.73. The van der Waals surface area contributed by atoms with Crippen LogP contribution in [-0.2, 0) is 9.59 Å². The van der Waals surface area contributed by atoms with Gasteiger partial charge in [-0.1, -0.05) is 0 Å². The summed E-state index contributed by atoms with van der Waals surface area (Å²) in [5.41, 5.74) is -0.535. The van der Waals surface area contributed by atoms with Crippen LogP contribution in [0.1, 0.15) is 12.8 Å². The molecule has 0 radical (unpaired) electrons. The number of alkyl halides is 3. The van der Waals surface area contributed by atoms with Crippen molar-refractivity contribution >= 4 is 23.3 Å². The largest absolute Gasteiger partial charge is 0.481 e. The number of nitro groups is 1. The summed E-state index contributed by atoms with van der Waals surface area (Å²) in [5.74, 6) is -3.37. The SMILES string of the molecule is O=C(O)CCCN(C(=O)C(F)(F)F)c1ccc([N+](=O)[O-])cc1. The topological polar surface area (TPSA) is 101 Å². The van der Waals surface area contributed by atoms with Crippen molar-refractivity contribution in [1.29, 1.82) is 0 Å². The Morgan fingerprint density at radius 2 is 1.77 bits per heavy atom. The molecule has 1 amide bonds. The summed E-state index contributed by atoms with van der Waals surface area (Å²) in [7, 11) is 0. The van der Waals surface area contributed by atoms with E-state index in [0.29, 0.717) is 4.90 Å². The predicted octanol–water partition coefficient (Wildman–Crippen LogP) is 2.35. The Hall–Kier alpha value is -2.65. The molecule has 0 aliphatic heterocycles. The zero-order valence-electron chi connectivity index (χ0n) is 11.0. The number of carboxylic acid groups (broad SMARTS) is 1. The van der Waals surface area contributed by atoms with E-state index in [1.54, 1.807) is 0 Å². The fourth-order valence-corrected chi connectivity index (χ4v) is 1.64. The van der Waals surface area contributed by atoms with Gasteiger partial charge in [0.1, 0.15) is 0 Å². The third-order valence-corrected chi connectivity index (χ3v) is 2.63. The van der Waals surface area contributed by atoms with E-state index in [4.69, 9.17) is 5.11 Å². The molecule has 0 saturated carbocycles. The average molecular weight is 320 g/mol. The van der Waals surface area contributed by atoms with Gasteiger partial charge in [0, 0.05) is 30.8 Å². The summed E-state index contributed by atoms with van der Waals surface area (Å²) in [4.78, 5) is 31.9. The number of hydrogen-bond donors (Lipinski definition) is 1. The molecule has 0 spiro atoms. The van der Waals surface area contributed by atoms with Crippen molar-refractivity contribution in [2.24, 2.45) is 0 Å². The van der Waals surface area contributed by atoms with Crippen molar-refractivity contribution in [2.75, 3.05) is 11.4 Å². The number of nitro benzene ring substituents is 1. The first-order valence-electron chi connectivity index (χ1n) is 5.98. The minimum atomic E-state index is -5.13. The normalized spacial score (nSPS) is 11.0. The lowest BCUT2D eigenvalue weighted by molar-refractivity contribution is -0.384. The zero-order valence-corrected chi connectivity index (χ0v) is 11.0. The molecule has 1 aromatic rings. The minimum Gasteiger partial charge on any atom is -0.481 e. The summed E-state index contributed by atoms with van der Waals surface area (Å²) in [6.45, 7) is -0.470. The highest BCUT2D eigenvalue weighted by molar-refractivity contribution is 5.97. The van der Waals surface area contributed by atoms with Crippen LogP contribution in [0, 0.1) is 10.1 Å². The molecular weight excluding hydrogens is 309 g/mol. The molecule has 0 unspecified atom stereocenters. The number of carbonyl (C=O) groups excluding carboxylic acids is 1. The van der Waals surface area contributed by atoms with Crippen LogP contribution < -0.4 is 4.90 Å². The van der Waals surface area contributed by atoms with E-state index >= 15 is 0 Å². The van der Waals surface area contributed by atoms with Crippen LogP contribution in [-0.4, -0.2) is 34.6 Å². The van der Waals surface area contributed by atoms with Crippen molar-refractivity contribution in [3.63, 3.8) is 0 Å². The Morgan fingerprint density at radius 3 is 2.18 bits per heavy atom. The van der Waals surface area contributed by atoms with Gasteiger partial charge in [-0.2, -0.15) is 13.2 Å². The monoisotopic (exact) mass is 320 g/mol. The number of nitrogens with zero attached hydrogens (tertiary/aromatic N) is 2. The van der Waals surface area contributed by atoms with Gasteiger partial charge in [0.15, 0.2) is 0 Å². The molecule has 0 heterocycles. The predicted molar refractivity (Wildman–Crippen MR) is 68.4 cm³/mol. The standard InChI is InChI=1S/C12H11F3N2O5/c13-12(14,15)11(20)16(7-1-2-10(18)19)8-3-5-9(6-4-8)17(21)22/h3-6H,1-2,7H2,(H,18,19). The Labute approximate surface area is 122 Å². The molecule has 0 fully saturated rings. The Balaban J connectivity index is 3.00. The van der Waals surface area contributed by atoms with Gasteiger partial charge in [-0.25, -0.2) is 0 Å². The average Bonchev–Trinajstić information content (AvgIpc) is 2.42. The van der Waals surface area contributed by atoms with Crippen molar-refractivity contribution in [1.82, 2.24) is 0 Å². The number of amides is 1. The Morgan fingerprint density at radius 1 is 1.23 bits per heavy atom. The van der Waals surface area contributed by atoms with Gasteiger partial charge in [0.05, 0.1) is 4.92 Å². The first-order valence-corrected chi connectivity index (χ1v) is 5.98. The van der Waals surface area contributed by atoms with Crippen molar-refractivity contribution in [3.05, 3.63) is 34.4 Å². The first kappa shape index (κ1) is 17.4. The number of rotatable bonds is 6. The zero-order chi connectivity index (χ0) is 16.9. The van der Waals surface area contributed by atoms with Crippen LogP contribution in [0.15, 0.2) is 24.3 Å². The third-order valence-electron chi connectivity index (χ3n) is 2.63. The third kappa shape index (κ3) is 4.72. The van der Waals surface area contributed by atoms with E-state index in [9.17, 15) is 32.9 Å². The number of carbonyl (C=O) groups is 2. The van der Waals surface area contributed by atoms with Crippen LogP contribution in [0.5, 0.6) is 0 Å². The molecule has 1 N–H and O–H groups in total.